The lowest BCUT2D eigenvalue weighted by molar-refractivity contribution is -0.120. The molecule has 2 N–H and O–H groups in total. The number of benzene rings is 2. The lowest BCUT2D eigenvalue weighted by Crippen LogP contribution is -2.26. The summed E-state index contributed by atoms with van der Waals surface area (Å²) in [7, 11) is -3.69. The third-order valence-corrected chi connectivity index (χ3v) is 5.23. The molecule has 0 atom stereocenters. The fourth-order valence-electron chi connectivity index (χ4n) is 2.23. The van der Waals surface area contributed by atoms with Gasteiger partial charge in [0.15, 0.2) is 0 Å². The minimum atomic E-state index is -3.69. The summed E-state index contributed by atoms with van der Waals surface area (Å²) in [6, 6.07) is 13.2. The molecule has 0 heterocycles. The molecule has 24 heavy (non-hydrogen) atoms. The van der Waals surface area contributed by atoms with Gasteiger partial charge in [-0.3, -0.25) is 9.52 Å². The first-order valence-electron chi connectivity index (χ1n) is 7.59. The van der Waals surface area contributed by atoms with E-state index in [2.05, 4.69) is 10.0 Å². The summed E-state index contributed by atoms with van der Waals surface area (Å²) in [5, 5.41) is 3.28. The van der Waals surface area contributed by atoms with Crippen molar-refractivity contribution in [1.29, 1.82) is 0 Å². The summed E-state index contributed by atoms with van der Waals surface area (Å²) in [4.78, 5) is 11.9. The number of rotatable bonds is 6. The van der Waals surface area contributed by atoms with Crippen LogP contribution in [0.4, 0.5) is 5.69 Å². The molecule has 126 valence electrons. The predicted octanol–water partition coefficient (Wildman–Crippen LogP) is 2.96. The zero-order valence-electron chi connectivity index (χ0n) is 12.8. The molecule has 0 aromatic heterocycles. The van der Waals surface area contributed by atoms with Crippen LogP contribution < -0.4 is 10.0 Å². The highest BCUT2D eigenvalue weighted by atomic mass is 35.5. The summed E-state index contributed by atoms with van der Waals surface area (Å²) >= 11 is 5.83. The van der Waals surface area contributed by atoms with E-state index in [1.807, 2.05) is 0 Å². The molecule has 2 aromatic carbocycles. The fraction of sp³-hybridized carbons (Fsp3) is 0.235. The van der Waals surface area contributed by atoms with Gasteiger partial charge in [0.1, 0.15) is 0 Å². The number of hydrogen-bond donors (Lipinski definition) is 2. The Bertz CT molecular complexity index is 846. The van der Waals surface area contributed by atoms with Crippen molar-refractivity contribution in [2.45, 2.75) is 30.2 Å². The molecule has 0 unspecified atom stereocenters. The van der Waals surface area contributed by atoms with E-state index in [1.54, 1.807) is 36.4 Å². The standard InChI is InChI=1S/C17H17ClN2O3S/c18-13-2-1-3-16(11-13)24(22,23)20-15-6-4-12(5-7-15)10-17(21)19-14-8-9-14/h1-7,11,14,20H,8-10H2,(H,19,21). The van der Waals surface area contributed by atoms with Gasteiger partial charge in [-0.25, -0.2) is 8.42 Å². The second-order valence-electron chi connectivity index (χ2n) is 5.78. The monoisotopic (exact) mass is 364 g/mol. The molecule has 1 fully saturated rings. The number of halogens is 1. The van der Waals surface area contributed by atoms with Crippen LogP contribution in [0.15, 0.2) is 53.4 Å². The summed E-state index contributed by atoms with van der Waals surface area (Å²) in [6.07, 6.45) is 2.39. The first kappa shape index (κ1) is 16.8. The lowest BCUT2D eigenvalue weighted by Gasteiger charge is -2.09. The highest BCUT2D eigenvalue weighted by Gasteiger charge is 2.23. The second-order valence-corrected chi connectivity index (χ2v) is 7.90. The van der Waals surface area contributed by atoms with E-state index >= 15 is 0 Å². The highest BCUT2D eigenvalue weighted by molar-refractivity contribution is 7.92. The Morgan fingerprint density at radius 2 is 1.83 bits per heavy atom. The summed E-state index contributed by atoms with van der Waals surface area (Å²) < 4.78 is 27.1. The van der Waals surface area contributed by atoms with Gasteiger partial charge >= 0.3 is 0 Å². The molecule has 3 rings (SSSR count). The van der Waals surface area contributed by atoms with Crippen LogP contribution in [0.25, 0.3) is 0 Å². The van der Waals surface area contributed by atoms with Crippen LogP contribution in [0.1, 0.15) is 18.4 Å². The Morgan fingerprint density at radius 3 is 2.46 bits per heavy atom. The van der Waals surface area contributed by atoms with Crippen LogP contribution in [-0.2, 0) is 21.2 Å². The van der Waals surface area contributed by atoms with Gasteiger partial charge in [-0.15, -0.1) is 0 Å². The van der Waals surface area contributed by atoms with Gasteiger partial charge in [-0.2, -0.15) is 0 Å². The Hall–Kier alpha value is -2.05. The molecule has 0 aliphatic heterocycles. The average molecular weight is 365 g/mol. The smallest absolute Gasteiger partial charge is 0.261 e. The topological polar surface area (TPSA) is 75.3 Å². The molecule has 0 spiro atoms. The lowest BCUT2D eigenvalue weighted by atomic mass is 10.1. The van der Waals surface area contributed by atoms with Crippen LogP contribution in [0, 0.1) is 0 Å². The van der Waals surface area contributed by atoms with Crippen molar-refractivity contribution in [3.05, 3.63) is 59.1 Å². The summed E-state index contributed by atoms with van der Waals surface area (Å²) in [6.45, 7) is 0. The number of carbonyl (C=O) groups is 1. The first-order chi connectivity index (χ1) is 11.4. The Labute approximate surface area is 146 Å². The van der Waals surface area contributed by atoms with E-state index in [1.165, 1.54) is 12.1 Å². The predicted molar refractivity (Wildman–Crippen MR) is 93.6 cm³/mol. The zero-order valence-corrected chi connectivity index (χ0v) is 14.4. The van der Waals surface area contributed by atoms with Gasteiger partial charge in [-0.05, 0) is 48.7 Å². The van der Waals surface area contributed by atoms with E-state index in [9.17, 15) is 13.2 Å². The maximum absolute atomic E-state index is 12.3. The van der Waals surface area contributed by atoms with Crippen molar-refractivity contribution in [2.75, 3.05) is 4.72 Å². The number of carbonyl (C=O) groups excluding carboxylic acids is 1. The molecular formula is C17H17ClN2O3S. The van der Waals surface area contributed by atoms with Crippen molar-refractivity contribution in [3.8, 4) is 0 Å². The van der Waals surface area contributed by atoms with Crippen molar-refractivity contribution >= 4 is 33.2 Å². The molecule has 0 bridgehead atoms. The van der Waals surface area contributed by atoms with Crippen LogP contribution in [0.3, 0.4) is 0 Å². The first-order valence-corrected chi connectivity index (χ1v) is 9.45. The highest BCUT2D eigenvalue weighted by Crippen LogP contribution is 2.21. The van der Waals surface area contributed by atoms with Gasteiger partial charge in [0.05, 0.1) is 11.3 Å². The van der Waals surface area contributed by atoms with E-state index in [-0.39, 0.29) is 17.2 Å². The van der Waals surface area contributed by atoms with E-state index in [0.717, 1.165) is 18.4 Å². The molecule has 1 aliphatic carbocycles. The molecule has 5 nitrogen and oxygen atoms in total. The molecule has 0 radical (unpaired) electrons. The van der Waals surface area contributed by atoms with E-state index in [0.29, 0.717) is 16.8 Å². The molecule has 1 saturated carbocycles. The van der Waals surface area contributed by atoms with Gasteiger partial charge in [-0.1, -0.05) is 29.8 Å². The minimum absolute atomic E-state index is 0.00948. The molecule has 2 aromatic rings. The van der Waals surface area contributed by atoms with Gasteiger partial charge < -0.3 is 5.32 Å². The summed E-state index contributed by atoms with van der Waals surface area (Å²) in [5.74, 6) is -0.00948. The summed E-state index contributed by atoms with van der Waals surface area (Å²) in [5.41, 5.74) is 1.26. The molecule has 7 heteroatoms. The second kappa shape index (κ2) is 6.83. The molecule has 0 saturated heterocycles. The van der Waals surface area contributed by atoms with Crippen molar-refractivity contribution in [3.63, 3.8) is 0 Å². The van der Waals surface area contributed by atoms with Crippen LogP contribution >= 0.6 is 11.6 Å². The average Bonchev–Trinajstić information content (AvgIpc) is 3.33. The number of hydrogen-bond acceptors (Lipinski definition) is 3. The quantitative estimate of drug-likeness (QED) is 0.827. The third-order valence-electron chi connectivity index (χ3n) is 3.62. The van der Waals surface area contributed by atoms with Crippen LogP contribution in [0.2, 0.25) is 5.02 Å². The van der Waals surface area contributed by atoms with Gasteiger partial charge in [0, 0.05) is 16.8 Å². The number of amides is 1. The molecule has 1 aliphatic rings. The van der Waals surface area contributed by atoms with E-state index < -0.39 is 10.0 Å². The Balaban J connectivity index is 1.65. The largest absolute Gasteiger partial charge is 0.353 e. The SMILES string of the molecule is O=C(Cc1ccc(NS(=O)(=O)c2cccc(Cl)c2)cc1)NC1CC1. The number of anilines is 1. The molecule has 1 amide bonds. The fourth-order valence-corrected chi connectivity index (χ4v) is 3.59. The maximum Gasteiger partial charge on any atom is 0.261 e. The minimum Gasteiger partial charge on any atom is -0.353 e. The molecular weight excluding hydrogens is 348 g/mol. The normalized spacial score (nSPS) is 14.2. The zero-order chi connectivity index (χ0) is 17.2. The third kappa shape index (κ3) is 4.49. The number of sulfonamides is 1. The van der Waals surface area contributed by atoms with Crippen LogP contribution in [0.5, 0.6) is 0 Å². The Morgan fingerprint density at radius 1 is 1.12 bits per heavy atom. The maximum atomic E-state index is 12.3. The van der Waals surface area contributed by atoms with E-state index in [4.69, 9.17) is 11.6 Å². The van der Waals surface area contributed by atoms with Crippen molar-refractivity contribution in [1.82, 2.24) is 5.32 Å². The van der Waals surface area contributed by atoms with Crippen molar-refractivity contribution < 1.29 is 13.2 Å². The Kier molecular flexibility index (Phi) is 4.78. The van der Waals surface area contributed by atoms with Gasteiger partial charge in [0.2, 0.25) is 5.91 Å². The van der Waals surface area contributed by atoms with Crippen LogP contribution in [-0.4, -0.2) is 20.4 Å². The number of nitrogens with one attached hydrogen (secondary N) is 2. The van der Waals surface area contributed by atoms with Crippen molar-refractivity contribution in [2.24, 2.45) is 0 Å². The van der Waals surface area contributed by atoms with Gasteiger partial charge in [0.25, 0.3) is 10.0 Å².